The van der Waals surface area contributed by atoms with Crippen molar-refractivity contribution in [2.45, 2.75) is 38.6 Å². The summed E-state index contributed by atoms with van der Waals surface area (Å²) in [6.07, 6.45) is 2.94. The molecule has 1 unspecified atom stereocenters. The molecule has 0 amide bonds. The van der Waals surface area contributed by atoms with Crippen molar-refractivity contribution in [3.63, 3.8) is 0 Å². The van der Waals surface area contributed by atoms with Gasteiger partial charge in [-0.15, -0.1) is 0 Å². The first-order valence-electron chi connectivity index (χ1n) is 5.52. The Morgan fingerprint density at radius 1 is 1.60 bits per heavy atom. The molecule has 1 atom stereocenters. The summed E-state index contributed by atoms with van der Waals surface area (Å²) in [7, 11) is 0. The highest BCUT2D eigenvalue weighted by Crippen LogP contribution is 2.22. The number of hydrogen-bond donors (Lipinski definition) is 1. The fourth-order valence-corrected chi connectivity index (χ4v) is 2.15. The lowest BCUT2D eigenvalue weighted by molar-refractivity contribution is -0.138. The molecule has 0 saturated carbocycles. The monoisotopic (exact) mass is 210 g/mol. The van der Waals surface area contributed by atoms with Gasteiger partial charge in [0.2, 0.25) is 0 Å². The third-order valence-electron chi connectivity index (χ3n) is 3.09. The fourth-order valence-electron chi connectivity index (χ4n) is 2.15. The highest BCUT2D eigenvalue weighted by atomic mass is 16.4. The number of carboxylic acids is 1. The van der Waals surface area contributed by atoms with Crippen molar-refractivity contribution >= 4 is 5.97 Å². The van der Waals surface area contributed by atoms with Gasteiger partial charge in [0.25, 0.3) is 0 Å². The van der Waals surface area contributed by atoms with E-state index >= 15 is 0 Å². The Bertz CT molecular complexity index is 252. The van der Waals surface area contributed by atoms with Gasteiger partial charge in [0.1, 0.15) is 0 Å². The summed E-state index contributed by atoms with van der Waals surface area (Å²) in [4.78, 5) is 12.7. The maximum atomic E-state index is 10.5. The SMILES string of the molecule is CCC(C#N)N1CCC(CC(=O)O)CC1. The largest absolute Gasteiger partial charge is 0.481 e. The van der Waals surface area contributed by atoms with Crippen LogP contribution < -0.4 is 0 Å². The molecular formula is C11H18N2O2. The number of nitrogens with zero attached hydrogens (tertiary/aromatic N) is 2. The van der Waals surface area contributed by atoms with Gasteiger partial charge in [-0.2, -0.15) is 5.26 Å². The van der Waals surface area contributed by atoms with Crippen LogP contribution in [0.15, 0.2) is 0 Å². The van der Waals surface area contributed by atoms with Crippen LogP contribution in [0.1, 0.15) is 32.6 Å². The first-order valence-corrected chi connectivity index (χ1v) is 5.52. The number of piperidine rings is 1. The van der Waals surface area contributed by atoms with E-state index in [1.807, 2.05) is 6.92 Å². The van der Waals surface area contributed by atoms with Gasteiger partial charge in [-0.3, -0.25) is 9.69 Å². The number of hydrogen-bond acceptors (Lipinski definition) is 3. The maximum absolute atomic E-state index is 10.5. The normalized spacial score (nSPS) is 20.8. The van der Waals surface area contributed by atoms with Crippen LogP contribution in [-0.4, -0.2) is 35.1 Å². The minimum absolute atomic E-state index is 0.00998. The molecule has 4 heteroatoms. The van der Waals surface area contributed by atoms with Crippen molar-refractivity contribution in [2.75, 3.05) is 13.1 Å². The highest BCUT2D eigenvalue weighted by molar-refractivity contribution is 5.67. The molecule has 84 valence electrons. The van der Waals surface area contributed by atoms with Crippen molar-refractivity contribution in [1.82, 2.24) is 4.90 Å². The van der Waals surface area contributed by atoms with Crippen molar-refractivity contribution < 1.29 is 9.90 Å². The predicted molar refractivity (Wildman–Crippen MR) is 56.2 cm³/mol. The highest BCUT2D eigenvalue weighted by Gasteiger charge is 2.24. The molecule has 0 aromatic rings. The minimum Gasteiger partial charge on any atom is -0.481 e. The average Bonchev–Trinajstić information content (AvgIpc) is 2.21. The Balaban J connectivity index is 2.35. The van der Waals surface area contributed by atoms with Gasteiger partial charge in [-0.1, -0.05) is 6.92 Å². The third kappa shape index (κ3) is 3.52. The van der Waals surface area contributed by atoms with Crippen molar-refractivity contribution in [2.24, 2.45) is 5.92 Å². The second-order valence-electron chi connectivity index (χ2n) is 4.13. The molecule has 1 aliphatic rings. The van der Waals surface area contributed by atoms with Crippen LogP contribution in [0.2, 0.25) is 0 Å². The van der Waals surface area contributed by atoms with E-state index in [1.165, 1.54) is 0 Å². The second kappa shape index (κ2) is 5.72. The van der Waals surface area contributed by atoms with Crippen LogP contribution in [0.3, 0.4) is 0 Å². The Labute approximate surface area is 90.5 Å². The fraction of sp³-hybridized carbons (Fsp3) is 0.818. The molecule has 1 rings (SSSR count). The van der Waals surface area contributed by atoms with Crippen LogP contribution in [-0.2, 0) is 4.79 Å². The smallest absolute Gasteiger partial charge is 0.303 e. The third-order valence-corrected chi connectivity index (χ3v) is 3.09. The average molecular weight is 210 g/mol. The molecule has 1 N–H and O–H groups in total. The van der Waals surface area contributed by atoms with Gasteiger partial charge >= 0.3 is 5.97 Å². The molecule has 15 heavy (non-hydrogen) atoms. The summed E-state index contributed by atoms with van der Waals surface area (Å²) in [5, 5.41) is 17.6. The number of likely N-dealkylation sites (tertiary alicyclic amines) is 1. The summed E-state index contributed by atoms with van der Waals surface area (Å²) in [6.45, 7) is 3.74. The maximum Gasteiger partial charge on any atom is 0.303 e. The molecule has 0 aliphatic carbocycles. The van der Waals surface area contributed by atoms with E-state index in [0.29, 0.717) is 5.92 Å². The topological polar surface area (TPSA) is 64.3 Å². The first-order chi connectivity index (χ1) is 7.17. The quantitative estimate of drug-likeness (QED) is 0.763. The number of carbonyl (C=O) groups is 1. The van der Waals surface area contributed by atoms with Gasteiger partial charge in [0.15, 0.2) is 0 Å². The molecule has 1 aliphatic heterocycles. The molecule has 1 fully saturated rings. The second-order valence-corrected chi connectivity index (χ2v) is 4.13. The summed E-state index contributed by atoms with van der Waals surface area (Å²) in [6, 6.07) is 2.30. The van der Waals surface area contributed by atoms with E-state index in [-0.39, 0.29) is 12.5 Å². The summed E-state index contributed by atoms with van der Waals surface area (Å²) in [5.74, 6) is -0.407. The molecule has 0 spiro atoms. The first kappa shape index (κ1) is 12.0. The van der Waals surface area contributed by atoms with Crippen LogP contribution in [0, 0.1) is 17.2 Å². The van der Waals surface area contributed by atoms with Gasteiger partial charge in [-0.25, -0.2) is 0 Å². The van der Waals surface area contributed by atoms with E-state index in [0.717, 1.165) is 32.4 Å². The van der Waals surface area contributed by atoms with Crippen LogP contribution >= 0.6 is 0 Å². The molecule has 4 nitrogen and oxygen atoms in total. The Kier molecular flexibility index (Phi) is 4.57. The number of aliphatic carboxylic acids is 1. The molecule has 1 heterocycles. The van der Waals surface area contributed by atoms with E-state index in [2.05, 4.69) is 11.0 Å². The van der Waals surface area contributed by atoms with Crippen molar-refractivity contribution in [3.05, 3.63) is 0 Å². The van der Waals surface area contributed by atoms with Gasteiger partial charge in [-0.05, 0) is 38.3 Å². The molecule has 0 aromatic heterocycles. The lowest BCUT2D eigenvalue weighted by atomic mass is 9.92. The number of nitriles is 1. The molecule has 1 saturated heterocycles. The van der Waals surface area contributed by atoms with Crippen LogP contribution in [0.25, 0.3) is 0 Å². The van der Waals surface area contributed by atoms with Crippen LogP contribution in [0.4, 0.5) is 0 Å². The zero-order valence-electron chi connectivity index (χ0n) is 9.15. The van der Waals surface area contributed by atoms with E-state index in [4.69, 9.17) is 10.4 Å². The van der Waals surface area contributed by atoms with E-state index in [1.54, 1.807) is 0 Å². The zero-order valence-corrected chi connectivity index (χ0v) is 9.15. The molecule has 0 radical (unpaired) electrons. The van der Waals surface area contributed by atoms with Gasteiger partial charge in [0.05, 0.1) is 12.1 Å². The lowest BCUT2D eigenvalue weighted by Crippen LogP contribution is -2.40. The van der Waals surface area contributed by atoms with E-state index in [9.17, 15) is 4.79 Å². The Hall–Kier alpha value is -1.08. The van der Waals surface area contributed by atoms with Crippen LogP contribution in [0.5, 0.6) is 0 Å². The van der Waals surface area contributed by atoms with Gasteiger partial charge < -0.3 is 5.11 Å². The van der Waals surface area contributed by atoms with Crippen molar-refractivity contribution in [1.29, 1.82) is 5.26 Å². The molecule has 0 aromatic carbocycles. The Morgan fingerprint density at radius 2 is 2.20 bits per heavy atom. The minimum atomic E-state index is -0.708. The predicted octanol–water partition coefficient (Wildman–Crippen LogP) is 1.48. The Morgan fingerprint density at radius 3 is 2.60 bits per heavy atom. The van der Waals surface area contributed by atoms with Crippen molar-refractivity contribution in [3.8, 4) is 6.07 Å². The summed E-state index contributed by atoms with van der Waals surface area (Å²) in [5.41, 5.74) is 0. The molecule has 0 bridgehead atoms. The van der Waals surface area contributed by atoms with E-state index < -0.39 is 5.97 Å². The lowest BCUT2D eigenvalue weighted by Gasteiger charge is -2.33. The number of rotatable bonds is 4. The zero-order chi connectivity index (χ0) is 11.3. The standard InChI is InChI=1S/C11H18N2O2/c1-2-10(8-12)13-5-3-9(4-6-13)7-11(14)15/h9-10H,2-7H2,1H3,(H,14,15). The van der Waals surface area contributed by atoms with Gasteiger partial charge in [0, 0.05) is 6.42 Å². The summed E-state index contributed by atoms with van der Waals surface area (Å²) >= 11 is 0. The number of carboxylic acid groups (broad SMARTS) is 1. The summed E-state index contributed by atoms with van der Waals surface area (Å²) < 4.78 is 0. The molecular weight excluding hydrogens is 192 g/mol.